The van der Waals surface area contributed by atoms with Crippen LogP contribution < -0.4 is 0 Å². The molecular formula is C15H24O10. The monoisotopic (exact) mass is 364 g/mol. The lowest BCUT2D eigenvalue weighted by atomic mass is 9.98. The zero-order valence-corrected chi connectivity index (χ0v) is 13.5. The highest BCUT2D eigenvalue weighted by Crippen LogP contribution is 2.60. The number of aliphatic hydroxyl groups excluding tert-OH is 6. The second kappa shape index (κ2) is 5.55. The molecule has 0 bridgehead atoms. The van der Waals surface area contributed by atoms with Crippen LogP contribution in [0.3, 0.4) is 0 Å². The van der Waals surface area contributed by atoms with Crippen LogP contribution in [-0.4, -0.2) is 109 Å². The van der Waals surface area contributed by atoms with Gasteiger partial charge in [-0.1, -0.05) is 0 Å². The summed E-state index contributed by atoms with van der Waals surface area (Å²) in [5.41, 5.74) is -3.22. The minimum absolute atomic E-state index is 0.479. The number of hydrogen-bond acceptors (Lipinski definition) is 10. The maximum absolute atomic E-state index is 10.4. The summed E-state index contributed by atoms with van der Waals surface area (Å²) in [7, 11) is 0. The van der Waals surface area contributed by atoms with Gasteiger partial charge in [0.25, 0.3) is 0 Å². The normalized spacial score (nSPS) is 62.9. The molecule has 0 spiro atoms. The summed E-state index contributed by atoms with van der Waals surface area (Å²) in [4.78, 5) is 0. The molecule has 2 heterocycles. The first-order valence-corrected chi connectivity index (χ1v) is 8.40. The summed E-state index contributed by atoms with van der Waals surface area (Å²) in [5.74, 6) is -1.70. The molecule has 2 aliphatic carbocycles. The van der Waals surface area contributed by atoms with Crippen LogP contribution in [0, 0.1) is 11.8 Å². The van der Waals surface area contributed by atoms with Gasteiger partial charge >= 0.3 is 0 Å². The number of aliphatic hydroxyl groups is 7. The molecular weight excluding hydrogens is 340 g/mol. The molecule has 4 fully saturated rings. The van der Waals surface area contributed by atoms with Gasteiger partial charge in [-0.25, -0.2) is 0 Å². The van der Waals surface area contributed by atoms with E-state index in [0.717, 1.165) is 0 Å². The molecule has 10 nitrogen and oxygen atoms in total. The van der Waals surface area contributed by atoms with Gasteiger partial charge in [-0.2, -0.15) is 0 Å². The molecule has 144 valence electrons. The van der Waals surface area contributed by atoms with Crippen molar-refractivity contribution in [1.29, 1.82) is 0 Å². The molecule has 0 radical (unpaired) electrons. The summed E-state index contributed by atoms with van der Waals surface area (Å²) >= 11 is 0. The minimum atomic E-state index is -1.75. The Morgan fingerprint density at radius 2 is 1.52 bits per heavy atom. The zero-order valence-electron chi connectivity index (χ0n) is 13.5. The molecule has 2 saturated carbocycles. The highest BCUT2D eigenvalue weighted by molar-refractivity contribution is 5.26. The van der Waals surface area contributed by atoms with Gasteiger partial charge in [0.05, 0.1) is 49.5 Å². The number of fused-ring (bicyclic) bond motifs is 2. The van der Waals surface area contributed by atoms with Crippen molar-refractivity contribution in [3.05, 3.63) is 0 Å². The predicted molar refractivity (Wildman–Crippen MR) is 76.9 cm³/mol. The highest BCUT2D eigenvalue weighted by Gasteiger charge is 2.80. The van der Waals surface area contributed by atoms with E-state index in [1.165, 1.54) is 0 Å². The van der Waals surface area contributed by atoms with E-state index in [-0.39, 0.29) is 0 Å². The first-order valence-electron chi connectivity index (χ1n) is 8.40. The lowest BCUT2D eigenvalue weighted by Gasteiger charge is -2.41. The van der Waals surface area contributed by atoms with Gasteiger partial charge in [0.1, 0.15) is 29.5 Å². The molecule has 12 atom stereocenters. The molecule has 4 rings (SSSR count). The molecule has 25 heavy (non-hydrogen) atoms. The van der Waals surface area contributed by atoms with Gasteiger partial charge in [-0.3, -0.25) is 0 Å². The second-order valence-corrected chi connectivity index (χ2v) is 7.47. The van der Waals surface area contributed by atoms with Crippen molar-refractivity contribution in [1.82, 2.24) is 0 Å². The Hall–Kier alpha value is -0.400. The topological polar surface area (TPSA) is 169 Å². The molecule has 2 aliphatic heterocycles. The van der Waals surface area contributed by atoms with E-state index in [2.05, 4.69) is 0 Å². The maximum atomic E-state index is 10.4. The van der Waals surface area contributed by atoms with Gasteiger partial charge in [-0.05, 0) is 6.92 Å². The minimum Gasteiger partial charge on any atom is -0.394 e. The molecule has 0 amide bonds. The molecule has 0 aromatic heterocycles. The SMILES string of the molecule is C[C@@H]1OC(CO)C2(O[C@@H]3OC(CO)C4(O)C(O)C4C3O)C(O)C2C1O. The summed E-state index contributed by atoms with van der Waals surface area (Å²) in [6, 6.07) is 0. The smallest absolute Gasteiger partial charge is 0.185 e. The average Bonchev–Trinajstić information content (AvgIpc) is 3.38. The van der Waals surface area contributed by atoms with Gasteiger partial charge in [0, 0.05) is 0 Å². The maximum Gasteiger partial charge on any atom is 0.185 e. The van der Waals surface area contributed by atoms with E-state index in [0.29, 0.717) is 0 Å². The Labute approximate surface area is 143 Å². The summed E-state index contributed by atoms with van der Waals surface area (Å²) in [6.07, 6.45) is -8.97. The van der Waals surface area contributed by atoms with Crippen LogP contribution in [0.4, 0.5) is 0 Å². The van der Waals surface area contributed by atoms with E-state index in [4.69, 9.17) is 14.2 Å². The van der Waals surface area contributed by atoms with E-state index >= 15 is 0 Å². The Morgan fingerprint density at radius 1 is 0.880 bits per heavy atom. The fourth-order valence-corrected chi connectivity index (χ4v) is 4.67. The number of hydrogen-bond donors (Lipinski definition) is 7. The van der Waals surface area contributed by atoms with Crippen molar-refractivity contribution in [3.63, 3.8) is 0 Å². The van der Waals surface area contributed by atoms with Crippen LogP contribution in [-0.2, 0) is 14.2 Å². The van der Waals surface area contributed by atoms with Gasteiger partial charge in [0.15, 0.2) is 6.29 Å². The van der Waals surface area contributed by atoms with Gasteiger partial charge in [0.2, 0.25) is 0 Å². The van der Waals surface area contributed by atoms with Crippen molar-refractivity contribution in [3.8, 4) is 0 Å². The number of rotatable bonds is 4. The second-order valence-electron chi connectivity index (χ2n) is 7.47. The van der Waals surface area contributed by atoms with E-state index in [9.17, 15) is 35.7 Å². The predicted octanol–water partition coefficient (Wildman–Crippen LogP) is -4.33. The summed E-state index contributed by atoms with van der Waals surface area (Å²) in [6.45, 7) is 0.527. The zero-order chi connectivity index (χ0) is 18.3. The molecule has 0 aromatic rings. The van der Waals surface area contributed by atoms with E-state index in [1.54, 1.807) is 6.92 Å². The molecule has 4 aliphatic rings. The van der Waals surface area contributed by atoms with Gasteiger partial charge in [-0.15, -0.1) is 0 Å². The Morgan fingerprint density at radius 3 is 2.12 bits per heavy atom. The first kappa shape index (κ1) is 18.0. The van der Waals surface area contributed by atoms with Crippen LogP contribution >= 0.6 is 0 Å². The first-order chi connectivity index (χ1) is 11.7. The Kier molecular flexibility index (Phi) is 3.99. The quantitative estimate of drug-likeness (QED) is 0.259. The van der Waals surface area contributed by atoms with Crippen LogP contribution in [0.15, 0.2) is 0 Å². The van der Waals surface area contributed by atoms with Gasteiger partial charge < -0.3 is 50.0 Å². The summed E-state index contributed by atoms with van der Waals surface area (Å²) < 4.78 is 16.7. The summed E-state index contributed by atoms with van der Waals surface area (Å²) in [5, 5.41) is 70.0. The van der Waals surface area contributed by atoms with Crippen molar-refractivity contribution in [2.45, 2.75) is 67.1 Å². The fraction of sp³-hybridized carbons (Fsp3) is 1.00. The third kappa shape index (κ3) is 2.09. The lowest BCUT2D eigenvalue weighted by Crippen LogP contribution is -2.57. The molecule has 7 N–H and O–H groups in total. The molecule has 10 heteroatoms. The van der Waals surface area contributed by atoms with Crippen molar-refractivity contribution < 1.29 is 50.0 Å². The van der Waals surface area contributed by atoms with E-state index < -0.39 is 85.3 Å². The van der Waals surface area contributed by atoms with Crippen LogP contribution in [0.1, 0.15) is 6.92 Å². The van der Waals surface area contributed by atoms with Crippen LogP contribution in [0.25, 0.3) is 0 Å². The molecule has 2 saturated heterocycles. The van der Waals surface area contributed by atoms with Crippen molar-refractivity contribution in [2.24, 2.45) is 11.8 Å². The third-order valence-electron chi connectivity index (χ3n) is 6.30. The van der Waals surface area contributed by atoms with Crippen LogP contribution in [0.2, 0.25) is 0 Å². The lowest BCUT2D eigenvalue weighted by molar-refractivity contribution is -0.319. The third-order valence-corrected chi connectivity index (χ3v) is 6.30. The average molecular weight is 364 g/mol. The molecule has 0 aromatic carbocycles. The number of ether oxygens (including phenoxy) is 3. The largest absolute Gasteiger partial charge is 0.394 e. The highest BCUT2D eigenvalue weighted by atomic mass is 16.7. The fourth-order valence-electron chi connectivity index (χ4n) is 4.67. The Bertz CT molecular complexity index is 538. The molecule has 10 unspecified atom stereocenters. The van der Waals surface area contributed by atoms with Crippen molar-refractivity contribution >= 4 is 0 Å². The van der Waals surface area contributed by atoms with Crippen LogP contribution in [0.5, 0.6) is 0 Å². The Balaban J connectivity index is 1.57. The van der Waals surface area contributed by atoms with E-state index in [1.807, 2.05) is 0 Å². The van der Waals surface area contributed by atoms with Crippen molar-refractivity contribution in [2.75, 3.05) is 13.2 Å². The standard InChI is InChI=1S/C15H24O10/c1-4-9(18)8-12(21)15(8,6(3-17)23-4)25-13-10(19)7-11(20)14(7,22)5(2-16)24-13/h4-13,16-22H,2-3H2,1H3/t4-,5?,6?,7?,8?,9?,10?,11?,12?,13-,14?,15?/m0/s1.